The Morgan fingerprint density at radius 3 is 2.75 bits per heavy atom. The van der Waals surface area contributed by atoms with E-state index in [1.54, 1.807) is 12.1 Å². The van der Waals surface area contributed by atoms with Crippen LogP contribution in [0.4, 0.5) is 0 Å². The maximum atomic E-state index is 11.8. The highest BCUT2D eigenvalue weighted by Crippen LogP contribution is 2.26. The van der Waals surface area contributed by atoms with Gasteiger partial charge in [0.25, 0.3) is 0 Å². The van der Waals surface area contributed by atoms with Crippen LogP contribution in [-0.4, -0.2) is 28.6 Å². The molecule has 90 valence electrons. The molecule has 1 rings (SSSR count). The number of nitrogens with two attached hydrogens (primary N) is 1. The summed E-state index contributed by atoms with van der Waals surface area (Å²) in [6, 6.07) is 4.74. The Bertz CT molecular complexity index is 462. The zero-order chi connectivity index (χ0) is 12.2. The van der Waals surface area contributed by atoms with Crippen molar-refractivity contribution in [1.29, 1.82) is 0 Å². The number of hydrogen-bond acceptors (Lipinski definition) is 4. The molecule has 0 saturated heterocycles. The van der Waals surface area contributed by atoms with Crippen LogP contribution in [0.3, 0.4) is 0 Å². The fourth-order valence-electron chi connectivity index (χ4n) is 1.09. The van der Waals surface area contributed by atoms with Crippen LogP contribution in [0.1, 0.15) is 0 Å². The molecule has 0 heterocycles. The number of benzene rings is 1. The van der Waals surface area contributed by atoms with Gasteiger partial charge in [-0.25, -0.2) is 13.1 Å². The van der Waals surface area contributed by atoms with Crippen LogP contribution >= 0.6 is 15.9 Å². The van der Waals surface area contributed by atoms with Gasteiger partial charge in [0.05, 0.1) is 12.0 Å². The van der Waals surface area contributed by atoms with Crippen molar-refractivity contribution in [2.24, 2.45) is 5.73 Å². The molecule has 0 aliphatic heterocycles. The molecule has 0 fully saturated rings. The highest BCUT2D eigenvalue weighted by atomic mass is 79.9. The van der Waals surface area contributed by atoms with Gasteiger partial charge in [-0.2, -0.15) is 0 Å². The maximum absolute atomic E-state index is 11.8. The second-order valence-corrected chi connectivity index (χ2v) is 5.57. The van der Waals surface area contributed by atoms with Gasteiger partial charge < -0.3 is 10.5 Å². The second kappa shape index (κ2) is 5.62. The summed E-state index contributed by atoms with van der Waals surface area (Å²) in [5, 5.41) is 0. The molecule has 0 aliphatic carbocycles. The van der Waals surface area contributed by atoms with Crippen molar-refractivity contribution in [3.63, 3.8) is 0 Å². The minimum Gasteiger partial charge on any atom is -0.497 e. The van der Waals surface area contributed by atoms with E-state index < -0.39 is 10.0 Å². The molecule has 0 saturated carbocycles. The summed E-state index contributed by atoms with van der Waals surface area (Å²) >= 11 is 3.18. The molecule has 1 aromatic carbocycles. The number of halogens is 1. The van der Waals surface area contributed by atoms with Crippen molar-refractivity contribution in [2.45, 2.75) is 4.90 Å². The Morgan fingerprint density at radius 1 is 1.50 bits per heavy atom. The average Bonchev–Trinajstić information content (AvgIpc) is 2.27. The Morgan fingerprint density at radius 2 is 2.19 bits per heavy atom. The number of sulfonamides is 1. The Kier molecular flexibility index (Phi) is 4.72. The molecule has 16 heavy (non-hydrogen) atoms. The van der Waals surface area contributed by atoms with Crippen molar-refractivity contribution in [1.82, 2.24) is 4.72 Å². The van der Waals surface area contributed by atoms with Gasteiger partial charge in [-0.15, -0.1) is 0 Å². The standard InChI is InChI=1S/C9H13BrN2O3S/c1-15-7-2-3-8(10)9(6-7)16(13,14)12-5-4-11/h2-3,6,12H,4-5,11H2,1H3. The van der Waals surface area contributed by atoms with E-state index >= 15 is 0 Å². The zero-order valence-electron chi connectivity index (χ0n) is 8.73. The van der Waals surface area contributed by atoms with Gasteiger partial charge in [-0.3, -0.25) is 0 Å². The number of ether oxygens (including phenoxy) is 1. The van der Waals surface area contributed by atoms with Crippen molar-refractivity contribution < 1.29 is 13.2 Å². The van der Waals surface area contributed by atoms with Gasteiger partial charge in [0, 0.05) is 23.6 Å². The average molecular weight is 309 g/mol. The van der Waals surface area contributed by atoms with Gasteiger partial charge in [0.2, 0.25) is 10.0 Å². The van der Waals surface area contributed by atoms with E-state index in [1.165, 1.54) is 13.2 Å². The van der Waals surface area contributed by atoms with Crippen LogP contribution in [0, 0.1) is 0 Å². The van der Waals surface area contributed by atoms with Crippen molar-refractivity contribution in [3.05, 3.63) is 22.7 Å². The number of nitrogens with one attached hydrogen (secondary N) is 1. The van der Waals surface area contributed by atoms with Crippen LogP contribution in [0.25, 0.3) is 0 Å². The molecule has 5 nitrogen and oxygen atoms in total. The first kappa shape index (κ1) is 13.4. The van der Waals surface area contributed by atoms with Gasteiger partial charge in [0.15, 0.2) is 0 Å². The molecule has 0 unspecified atom stereocenters. The van der Waals surface area contributed by atoms with Gasteiger partial charge in [-0.05, 0) is 28.1 Å². The Labute approximate surface area is 103 Å². The Hall–Kier alpha value is -0.630. The third-order valence-electron chi connectivity index (χ3n) is 1.86. The van der Waals surface area contributed by atoms with E-state index in [9.17, 15) is 8.42 Å². The normalized spacial score (nSPS) is 11.4. The monoisotopic (exact) mass is 308 g/mol. The molecule has 0 aliphatic rings. The summed E-state index contributed by atoms with van der Waals surface area (Å²) in [4.78, 5) is 0.139. The van der Waals surface area contributed by atoms with Crippen LogP contribution in [0.15, 0.2) is 27.6 Å². The van der Waals surface area contributed by atoms with E-state index in [2.05, 4.69) is 20.7 Å². The molecule has 0 spiro atoms. The molecule has 7 heteroatoms. The molecule has 3 N–H and O–H groups in total. The minimum absolute atomic E-state index is 0.139. The largest absolute Gasteiger partial charge is 0.497 e. The van der Waals surface area contributed by atoms with E-state index in [-0.39, 0.29) is 18.0 Å². The van der Waals surface area contributed by atoms with Crippen LogP contribution in [-0.2, 0) is 10.0 Å². The molecule has 0 radical (unpaired) electrons. The molecular weight excluding hydrogens is 296 g/mol. The fourth-order valence-corrected chi connectivity index (χ4v) is 3.11. The van der Waals surface area contributed by atoms with Crippen molar-refractivity contribution >= 4 is 26.0 Å². The summed E-state index contributed by atoms with van der Waals surface area (Å²) in [5.41, 5.74) is 5.24. The molecule has 0 bridgehead atoms. The van der Waals surface area contributed by atoms with Crippen molar-refractivity contribution in [2.75, 3.05) is 20.2 Å². The van der Waals surface area contributed by atoms with Crippen molar-refractivity contribution in [3.8, 4) is 5.75 Å². The molecule has 0 amide bonds. The van der Waals surface area contributed by atoms with E-state index in [4.69, 9.17) is 10.5 Å². The number of hydrogen-bond donors (Lipinski definition) is 2. The third kappa shape index (κ3) is 3.18. The van der Waals surface area contributed by atoms with E-state index in [0.29, 0.717) is 10.2 Å². The quantitative estimate of drug-likeness (QED) is 0.839. The lowest BCUT2D eigenvalue weighted by Gasteiger charge is -2.09. The molecule has 0 aromatic heterocycles. The summed E-state index contributed by atoms with van der Waals surface area (Å²) in [6.07, 6.45) is 0. The predicted octanol–water partition coefficient (Wildman–Crippen LogP) is 0.695. The number of rotatable bonds is 5. The summed E-state index contributed by atoms with van der Waals surface area (Å²) < 4.78 is 31.5. The zero-order valence-corrected chi connectivity index (χ0v) is 11.1. The first-order chi connectivity index (χ1) is 7.51. The fraction of sp³-hybridized carbons (Fsp3) is 0.333. The topological polar surface area (TPSA) is 81.4 Å². The smallest absolute Gasteiger partial charge is 0.241 e. The van der Waals surface area contributed by atoms with E-state index in [1.807, 2.05) is 0 Å². The Balaban J connectivity index is 3.11. The summed E-state index contributed by atoms with van der Waals surface area (Å²) in [6.45, 7) is 0.451. The third-order valence-corrected chi connectivity index (χ3v) is 4.32. The highest BCUT2D eigenvalue weighted by molar-refractivity contribution is 9.10. The first-order valence-electron chi connectivity index (χ1n) is 4.54. The summed E-state index contributed by atoms with van der Waals surface area (Å²) in [5.74, 6) is 0.483. The minimum atomic E-state index is -3.54. The lowest BCUT2D eigenvalue weighted by molar-refractivity contribution is 0.413. The number of methoxy groups -OCH3 is 1. The van der Waals surface area contributed by atoms with Gasteiger partial charge in [0.1, 0.15) is 5.75 Å². The molecule has 0 atom stereocenters. The van der Waals surface area contributed by atoms with E-state index in [0.717, 1.165) is 0 Å². The van der Waals surface area contributed by atoms with Crippen LogP contribution < -0.4 is 15.2 Å². The SMILES string of the molecule is COc1ccc(Br)c(S(=O)(=O)NCCN)c1. The van der Waals surface area contributed by atoms with Gasteiger partial charge in [-0.1, -0.05) is 0 Å². The lowest BCUT2D eigenvalue weighted by Crippen LogP contribution is -2.29. The van der Waals surface area contributed by atoms with Crippen LogP contribution in [0.5, 0.6) is 5.75 Å². The molecule has 1 aromatic rings. The van der Waals surface area contributed by atoms with Gasteiger partial charge >= 0.3 is 0 Å². The summed E-state index contributed by atoms with van der Waals surface area (Å²) in [7, 11) is -2.06. The predicted molar refractivity (Wildman–Crippen MR) is 64.9 cm³/mol. The first-order valence-corrected chi connectivity index (χ1v) is 6.82. The maximum Gasteiger partial charge on any atom is 0.241 e. The lowest BCUT2D eigenvalue weighted by atomic mass is 10.3. The molecular formula is C9H13BrN2O3S. The van der Waals surface area contributed by atoms with Crippen LogP contribution in [0.2, 0.25) is 0 Å². The second-order valence-electron chi connectivity index (χ2n) is 2.98. The highest BCUT2D eigenvalue weighted by Gasteiger charge is 2.17.